The number of nitrogens with zero attached hydrogens (tertiary/aromatic N) is 3. The molecule has 4 nitrogen and oxygen atoms in total. The molecule has 0 amide bonds. The smallest absolute Gasteiger partial charge is 0.205 e. The van der Waals surface area contributed by atoms with Gasteiger partial charge in [0.05, 0.1) is 0 Å². The summed E-state index contributed by atoms with van der Waals surface area (Å²) >= 11 is 0. The van der Waals surface area contributed by atoms with Crippen molar-refractivity contribution >= 4 is 5.95 Å². The van der Waals surface area contributed by atoms with E-state index in [0.717, 1.165) is 38.5 Å². The van der Waals surface area contributed by atoms with Crippen LogP contribution in [0.25, 0.3) is 0 Å². The summed E-state index contributed by atoms with van der Waals surface area (Å²) in [5.41, 5.74) is 5.50. The Morgan fingerprint density at radius 3 is 2.86 bits per heavy atom. The Hall–Kier alpha value is -1.03. The van der Waals surface area contributed by atoms with Crippen molar-refractivity contribution in [2.24, 2.45) is 5.73 Å². The molecule has 1 aromatic heterocycles. The second-order valence-corrected chi connectivity index (χ2v) is 3.24. The third-order valence-electron chi connectivity index (χ3n) is 2.33. The zero-order valence-corrected chi connectivity index (χ0v) is 9.11. The molecular formula is C10H20N4. The molecule has 0 fully saturated rings. The Labute approximate surface area is 85.7 Å². The lowest BCUT2D eigenvalue weighted by Gasteiger charge is -2.22. The Morgan fingerprint density at radius 1 is 1.50 bits per heavy atom. The zero-order chi connectivity index (χ0) is 10.4. The molecule has 0 aliphatic heterocycles. The lowest BCUT2D eigenvalue weighted by Crippen LogP contribution is -2.28. The molecule has 0 radical (unpaired) electrons. The minimum Gasteiger partial charge on any atom is -0.342 e. The molecule has 80 valence electrons. The van der Waals surface area contributed by atoms with Gasteiger partial charge in [-0.1, -0.05) is 0 Å². The standard InChI is InChI=1S/C10H20N4/c1-3-13(8-5-6-11)10-12-7-9-14(10)4-2/h7,9H,3-6,8,11H2,1-2H3. The summed E-state index contributed by atoms with van der Waals surface area (Å²) in [6, 6.07) is 0. The third kappa shape index (κ3) is 2.48. The maximum absolute atomic E-state index is 5.50. The van der Waals surface area contributed by atoms with Crippen molar-refractivity contribution < 1.29 is 0 Å². The van der Waals surface area contributed by atoms with E-state index in [4.69, 9.17) is 5.73 Å². The van der Waals surface area contributed by atoms with Crippen LogP contribution in [0, 0.1) is 0 Å². The summed E-state index contributed by atoms with van der Waals surface area (Å²) in [7, 11) is 0. The molecule has 0 spiro atoms. The molecule has 1 heterocycles. The normalized spacial score (nSPS) is 10.5. The molecule has 1 aromatic rings. The molecule has 0 bridgehead atoms. The van der Waals surface area contributed by atoms with E-state index >= 15 is 0 Å². The maximum atomic E-state index is 5.50. The fourth-order valence-corrected chi connectivity index (χ4v) is 1.51. The van der Waals surface area contributed by atoms with Crippen LogP contribution in [0.2, 0.25) is 0 Å². The van der Waals surface area contributed by atoms with E-state index in [9.17, 15) is 0 Å². The van der Waals surface area contributed by atoms with Gasteiger partial charge in [0.1, 0.15) is 0 Å². The zero-order valence-electron chi connectivity index (χ0n) is 9.11. The molecule has 0 atom stereocenters. The summed E-state index contributed by atoms with van der Waals surface area (Å²) in [6.45, 7) is 7.95. The van der Waals surface area contributed by atoms with Gasteiger partial charge in [0.25, 0.3) is 0 Å². The second-order valence-electron chi connectivity index (χ2n) is 3.24. The van der Waals surface area contributed by atoms with Gasteiger partial charge >= 0.3 is 0 Å². The summed E-state index contributed by atoms with van der Waals surface area (Å²) in [4.78, 5) is 6.62. The molecule has 1 rings (SSSR count). The number of hydrogen-bond donors (Lipinski definition) is 1. The van der Waals surface area contributed by atoms with Gasteiger partial charge in [0.15, 0.2) is 0 Å². The molecule has 0 aliphatic carbocycles. The van der Waals surface area contributed by atoms with Crippen LogP contribution in [-0.4, -0.2) is 29.2 Å². The van der Waals surface area contributed by atoms with E-state index in [1.54, 1.807) is 0 Å². The number of nitrogens with two attached hydrogens (primary N) is 1. The van der Waals surface area contributed by atoms with E-state index in [1.807, 2.05) is 12.4 Å². The quantitative estimate of drug-likeness (QED) is 0.740. The Morgan fingerprint density at radius 2 is 2.29 bits per heavy atom. The first-order chi connectivity index (χ1) is 6.83. The molecule has 14 heavy (non-hydrogen) atoms. The van der Waals surface area contributed by atoms with Gasteiger partial charge in [-0.3, -0.25) is 0 Å². The maximum Gasteiger partial charge on any atom is 0.205 e. The van der Waals surface area contributed by atoms with E-state index in [0.29, 0.717) is 0 Å². The highest BCUT2D eigenvalue weighted by atomic mass is 15.3. The Kier molecular flexibility index (Phi) is 4.46. The Balaban J connectivity index is 2.67. The number of imidazole rings is 1. The summed E-state index contributed by atoms with van der Waals surface area (Å²) < 4.78 is 2.15. The van der Waals surface area contributed by atoms with Crippen molar-refractivity contribution in [1.82, 2.24) is 9.55 Å². The molecule has 0 saturated carbocycles. The molecular weight excluding hydrogens is 176 g/mol. The van der Waals surface area contributed by atoms with Gasteiger partial charge in [0.2, 0.25) is 5.95 Å². The van der Waals surface area contributed by atoms with Gasteiger partial charge in [-0.15, -0.1) is 0 Å². The predicted octanol–water partition coefficient (Wildman–Crippen LogP) is 1.08. The van der Waals surface area contributed by atoms with Crippen molar-refractivity contribution in [2.75, 3.05) is 24.5 Å². The molecule has 0 aliphatic rings. The molecule has 0 saturated heterocycles. The van der Waals surface area contributed by atoms with Crippen molar-refractivity contribution in [1.29, 1.82) is 0 Å². The lowest BCUT2D eigenvalue weighted by molar-refractivity contribution is 0.681. The van der Waals surface area contributed by atoms with E-state index in [-0.39, 0.29) is 0 Å². The van der Waals surface area contributed by atoms with Gasteiger partial charge in [0, 0.05) is 32.0 Å². The SMILES string of the molecule is CCN(CCCN)c1nccn1CC. The van der Waals surface area contributed by atoms with Crippen LogP contribution < -0.4 is 10.6 Å². The first-order valence-electron chi connectivity index (χ1n) is 5.29. The summed E-state index contributed by atoms with van der Waals surface area (Å²) in [5.74, 6) is 1.06. The average Bonchev–Trinajstić information content (AvgIpc) is 2.67. The van der Waals surface area contributed by atoms with Crippen molar-refractivity contribution in [2.45, 2.75) is 26.8 Å². The largest absolute Gasteiger partial charge is 0.342 e. The Bertz CT molecular complexity index is 256. The predicted molar refractivity (Wildman–Crippen MR) is 59.5 cm³/mol. The van der Waals surface area contributed by atoms with Crippen LogP contribution in [-0.2, 0) is 6.54 Å². The fraction of sp³-hybridized carbons (Fsp3) is 0.700. The number of anilines is 1. The monoisotopic (exact) mass is 196 g/mol. The second kappa shape index (κ2) is 5.65. The lowest BCUT2D eigenvalue weighted by atomic mass is 10.4. The van der Waals surface area contributed by atoms with Crippen LogP contribution in [0.5, 0.6) is 0 Å². The van der Waals surface area contributed by atoms with Crippen LogP contribution >= 0.6 is 0 Å². The minimum absolute atomic E-state index is 0.739. The highest BCUT2D eigenvalue weighted by molar-refractivity contribution is 5.30. The molecule has 0 aromatic carbocycles. The highest BCUT2D eigenvalue weighted by Crippen LogP contribution is 2.11. The number of aromatic nitrogens is 2. The van der Waals surface area contributed by atoms with Gasteiger partial charge in [-0.2, -0.15) is 0 Å². The average molecular weight is 196 g/mol. The highest BCUT2D eigenvalue weighted by Gasteiger charge is 2.08. The molecule has 2 N–H and O–H groups in total. The van der Waals surface area contributed by atoms with E-state index in [1.165, 1.54) is 0 Å². The van der Waals surface area contributed by atoms with Crippen molar-refractivity contribution in [3.05, 3.63) is 12.4 Å². The van der Waals surface area contributed by atoms with Crippen LogP contribution in [0.4, 0.5) is 5.95 Å². The van der Waals surface area contributed by atoms with Crippen LogP contribution in [0.15, 0.2) is 12.4 Å². The van der Waals surface area contributed by atoms with Gasteiger partial charge < -0.3 is 15.2 Å². The first kappa shape index (κ1) is 11.0. The number of rotatable bonds is 6. The first-order valence-corrected chi connectivity index (χ1v) is 5.29. The van der Waals surface area contributed by atoms with Crippen molar-refractivity contribution in [3.8, 4) is 0 Å². The van der Waals surface area contributed by atoms with Crippen LogP contribution in [0.3, 0.4) is 0 Å². The van der Waals surface area contributed by atoms with E-state index < -0.39 is 0 Å². The summed E-state index contributed by atoms with van der Waals surface area (Å²) in [5, 5.41) is 0. The van der Waals surface area contributed by atoms with Gasteiger partial charge in [-0.25, -0.2) is 4.98 Å². The summed E-state index contributed by atoms with van der Waals surface area (Å²) in [6.07, 6.45) is 4.88. The van der Waals surface area contributed by atoms with E-state index in [2.05, 4.69) is 28.3 Å². The third-order valence-corrected chi connectivity index (χ3v) is 2.33. The molecule has 4 heteroatoms. The minimum atomic E-state index is 0.739. The van der Waals surface area contributed by atoms with Crippen molar-refractivity contribution in [3.63, 3.8) is 0 Å². The molecule has 0 unspecified atom stereocenters. The topological polar surface area (TPSA) is 47.1 Å². The van der Waals surface area contributed by atoms with Crippen LogP contribution in [0.1, 0.15) is 20.3 Å². The number of hydrogen-bond acceptors (Lipinski definition) is 3. The number of aryl methyl sites for hydroxylation is 1. The van der Waals surface area contributed by atoms with Gasteiger partial charge in [-0.05, 0) is 26.8 Å². The fourth-order valence-electron chi connectivity index (χ4n) is 1.51.